The molecule has 0 aliphatic heterocycles. The molecule has 0 radical (unpaired) electrons. The van der Waals surface area contributed by atoms with E-state index in [2.05, 4.69) is 31.6 Å². The third-order valence-electron chi connectivity index (χ3n) is 4.15. The van der Waals surface area contributed by atoms with Crippen molar-refractivity contribution in [3.05, 3.63) is 94.8 Å². The van der Waals surface area contributed by atoms with E-state index in [1.54, 1.807) is 47.3 Å². The predicted octanol–water partition coefficient (Wildman–Crippen LogP) is 5.09. The number of anilines is 1. The predicted molar refractivity (Wildman–Crippen MR) is 109 cm³/mol. The topological polar surface area (TPSA) is 59.8 Å². The summed E-state index contributed by atoms with van der Waals surface area (Å²) in [5.41, 5.74) is 3.45. The quantitative estimate of drug-likeness (QED) is 0.484. The molecule has 1 N–H and O–H groups in total. The molecule has 0 saturated heterocycles. The third kappa shape index (κ3) is 3.84. The van der Waals surface area contributed by atoms with Crippen LogP contribution in [0.15, 0.2) is 83.5 Å². The van der Waals surface area contributed by atoms with Gasteiger partial charge in [-0.05, 0) is 54.6 Å². The van der Waals surface area contributed by atoms with E-state index in [4.69, 9.17) is 0 Å². The van der Waals surface area contributed by atoms with Gasteiger partial charge in [0.05, 0.1) is 17.6 Å². The lowest BCUT2D eigenvalue weighted by Gasteiger charge is -2.08. The van der Waals surface area contributed by atoms with Crippen LogP contribution in [0.2, 0.25) is 0 Å². The molecule has 1 aromatic heterocycles. The molecule has 0 fully saturated rings. The fourth-order valence-corrected chi connectivity index (χ4v) is 3.03. The maximum atomic E-state index is 13.3. The van der Waals surface area contributed by atoms with Crippen LogP contribution in [-0.4, -0.2) is 20.9 Å². The van der Waals surface area contributed by atoms with Gasteiger partial charge < -0.3 is 5.32 Å². The number of benzene rings is 3. The minimum Gasteiger partial charge on any atom is -0.322 e. The van der Waals surface area contributed by atoms with E-state index in [-0.39, 0.29) is 5.91 Å². The number of hydrogen-bond donors (Lipinski definition) is 1. The highest BCUT2D eigenvalue weighted by Gasteiger charge is 2.11. The van der Waals surface area contributed by atoms with Crippen molar-refractivity contribution in [2.24, 2.45) is 0 Å². The summed E-state index contributed by atoms with van der Waals surface area (Å²) in [4.78, 5) is 12.4. The summed E-state index contributed by atoms with van der Waals surface area (Å²) < 4.78 is 16.0. The van der Waals surface area contributed by atoms with E-state index in [1.165, 1.54) is 12.1 Å². The van der Waals surface area contributed by atoms with E-state index in [0.29, 0.717) is 11.3 Å². The van der Waals surface area contributed by atoms with Crippen LogP contribution in [0.5, 0.6) is 0 Å². The lowest BCUT2D eigenvalue weighted by Crippen LogP contribution is -2.12. The molecule has 0 aliphatic rings. The number of hydrogen-bond acceptors (Lipinski definition) is 3. The van der Waals surface area contributed by atoms with Crippen LogP contribution in [0.25, 0.3) is 16.9 Å². The molecule has 4 rings (SSSR count). The summed E-state index contributed by atoms with van der Waals surface area (Å²) in [6, 6.07) is 20.6. The number of aromatic nitrogens is 3. The SMILES string of the molecule is O=C(Nc1cccc(F)c1)c1ccc(-n2nncc2-c2ccc(Br)cc2)cc1. The van der Waals surface area contributed by atoms with Gasteiger partial charge in [0.1, 0.15) is 5.82 Å². The zero-order chi connectivity index (χ0) is 19.5. The lowest BCUT2D eigenvalue weighted by molar-refractivity contribution is 0.102. The van der Waals surface area contributed by atoms with Crippen LogP contribution in [0.3, 0.4) is 0 Å². The molecule has 138 valence electrons. The molecule has 3 aromatic carbocycles. The Bertz CT molecular complexity index is 1120. The van der Waals surface area contributed by atoms with Gasteiger partial charge in [-0.3, -0.25) is 4.79 Å². The zero-order valence-electron chi connectivity index (χ0n) is 14.5. The van der Waals surface area contributed by atoms with Crippen LogP contribution in [0.1, 0.15) is 10.4 Å². The maximum absolute atomic E-state index is 13.3. The fraction of sp³-hybridized carbons (Fsp3) is 0. The van der Waals surface area contributed by atoms with Crippen molar-refractivity contribution >= 4 is 27.5 Å². The van der Waals surface area contributed by atoms with Crippen molar-refractivity contribution < 1.29 is 9.18 Å². The first-order valence-corrected chi connectivity index (χ1v) is 9.23. The standard InChI is InChI=1S/C21H14BrFN4O/c22-16-8-4-14(5-9-16)20-13-24-26-27(20)19-10-6-15(7-11-19)21(28)25-18-3-1-2-17(23)12-18/h1-13H,(H,25,28). The first-order chi connectivity index (χ1) is 13.6. The number of halogens is 2. The Morgan fingerprint density at radius 3 is 2.46 bits per heavy atom. The number of carbonyl (C=O) groups is 1. The molecule has 0 aliphatic carbocycles. The Balaban J connectivity index is 1.56. The van der Waals surface area contributed by atoms with Crippen molar-refractivity contribution in [1.29, 1.82) is 0 Å². The van der Waals surface area contributed by atoms with Crippen molar-refractivity contribution in [3.8, 4) is 16.9 Å². The van der Waals surface area contributed by atoms with Gasteiger partial charge in [-0.15, -0.1) is 5.10 Å². The van der Waals surface area contributed by atoms with Gasteiger partial charge in [-0.25, -0.2) is 9.07 Å². The minimum absolute atomic E-state index is 0.316. The Kier molecular flexibility index (Phi) is 4.99. The van der Waals surface area contributed by atoms with E-state index >= 15 is 0 Å². The highest BCUT2D eigenvalue weighted by atomic mass is 79.9. The number of carbonyl (C=O) groups excluding carboxylic acids is 1. The number of nitrogens with zero attached hydrogens (tertiary/aromatic N) is 3. The molecule has 28 heavy (non-hydrogen) atoms. The molecule has 0 atom stereocenters. The fourth-order valence-electron chi connectivity index (χ4n) is 2.77. The second-order valence-electron chi connectivity index (χ2n) is 6.05. The summed E-state index contributed by atoms with van der Waals surface area (Å²) in [6.07, 6.45) is 1.69. The first kappa shape index (κ1) is 18.1. The monoisotopic (exact) mass is 436 g/mol. The van der Waals surface area contributed by atoms with Crippen molar-refractivity contribution in [1.82, 2.24) is 15.0 Å². The molecule has 0 saturated carbocycles. The zero-order valence-corrected chi connectivity index (χ0v) is 16.1. The lowest BCUT2D eigenvalue weighted by atomic mass is 10.1. The van der Waals surface area contributed by atoms with Crippen molar-refractivity contribution in [3.63, 3.8) is 0 Å². The molecule has 0 spiro atoms. The summed E-state index contributed by atoms with van der Waals surface area (Å²) >= 11 is 3.42. The van der Waals surface area contributed by atoms with E-state index in [0.717, 1.165) is 21.4 Å². The third-order valence-corrected chi connectivity index (χ3v) is 4.67. The largest absolute Gasteiger partial charge is 0.322 e. The van der Waals surface area contributed by atoms with Gasteiger partial charge in [0.15, 0.2) is 0 Å². The van der Waals surface area contributed by atoms with Gasteiger partial charge in [0.2, 0.25) is 0 Å². The first-order valence-electron chi connectivity index (χ1n) is 8.44. The van der Waals surface area contributed by atoms with Crippen LogP contribution in [-0.2, 0) is 0 Å². The summed E-state index contributed by atoms with van der Waals surface area (Å²) in [5.74, 6) is -0.719. The van der Waals surface area contributed by atoms with Gasteiger partial charge in [-0.1, -0.05) is 39.3 Å². The molecule has 0 unspecified atom stereocenters. The summed E-state index contributed by atoms with van der Waals surface area (Å²) in [5, 5.41) is 10.8. The average molecular weight is 437 g/mol. The molecule has 1 amide bonds. The number of nitrogens with one attached hydrogen (secondary N) is 1. The number of amides is 1. The molecule has 0 bridgehead atoms. The van der Waals surface area contributed by atoms with Gasteiger partial charge in [0, 0.05) is 21.3 Å². The van der Waals surface area contributed by atoms with Gasteiger partial charge >= 0.3 is 0 Å². The van der Waals surface area contributed by atoms with E-state index in [9.17, 15) is 9.18 Å². The van der Waals surface area contributed by atoms with Gasteiger partial charge in [0.25, 0.3) is 5.91 Å². The molecular weight excluding hydrogens is 423 g/mol. The maximum Gasteiger partial charge on any atom is 0.255 e. The molecule has 7 heteroatoms. The molecule has 1 heterocycles. The van der Waals surface area contributed by atoms with Crippen LogP contribution >= 0.6 is 15.9 Å². The molecule has 5 nitrogen and oxygen atoms in total. The van der Waals surface area contributed by atoms with E-state index in [1.807, 2.05) is 24.3 Å². The minimum atomic E-state index is -0.403. The average Bonchev–Trinajstić information content (AvgIpc) is 3.18. The number of rotatable bonds is 4. The van der Waals surface area contributed by atoms with Crippen molar-refractivity contribution in [2.45, 2.75) is 0 Å². The smallest absolute Gasteiger partial charge is 0.255 e. The Labute approximate surface area is 169 Å². The summed E-state index contributed by atoms with van der Waals surface area (Å²) in [7, 11) is 0. The highest BCUT2D eigenvalue weighted by Crippen LogP contribution is 2.23. The molecular formula is C21H14BrFN4O. The van der Waals surface area contributed by atoms with Crippen molar-refractivity contribution in [2.75, 3.05) is 5.32 Å². The second-order valence-corrected chi connectivity index (χ2v) is 6.96. The Hall–Kier alpha value is -3.32. The molecule has 4 aromatic rings. The van der Waals surface area contributed by atoms with Crippen LogP contribution in [0.4, 0.5) is 10.1 Å². The Morgan fingerprint density at radius 1 is 1.00 bits per heavy atom. The van der Waals surface area contributed by atoms with E-state index < -0.39 is 5.82 Å². The Morgan fingerprint density at radius 2 is 1.75 bits per heavy atom. The second kappa shape index (κ2) is 7.74. The van der Waals surface area contributed by atoms with Crippen LogP contribution in [0, 0.1) is 5.82 Å². The van der Waals surface area contributed by atoms with Crippen LogP contribution < -0.4 is 5.32 Å². The normalized spacial score (nSPS) is 10.6. The summed E-state index contributed by atoms with van der Waals surface area (Å²) in [6.45, 7) is 0. The highest BCUT2D eigenvalue weighted by molar-refractivity contribution is 9.10. The van der Waals surface area contributed by atoms with Gasteiger partial charge in [-0.2, -0.15) is 0 Å².